The molecule has 14 heavy (non-hydrogen) atoms. The Balaban J connectivity index is 2.54. The van der Waals surface area contributed by atoms with Crippen LogP contribution < -0.4 is 5.32 Å². The number of hydrogen-bond acceptors (Lipinski definition) is 3. The maximum atomic E-state index is 11.9. The zero-order chi connectivity index (χ0) is 10.6. The molecule has 0 radical (unpaired) electrons. The Labute approximate surface area is 86.7 Å². The van der Waals surface area contributed by atoms with Crippen molar-refractivity contribution in [2.75, 3.05) is 26.7 Å². The van der Waals surface area contributed by atoms with Gasteiger partial charge in [-0.05, 0) is 19.4 Å². The summed E-state index contributed by atoms with van der Waals surface area (Å²) in [6, 6.07) is 0. The monoisotopic (exact) mass is 220 g/mol. The van der Waals surface area contributed by atoms with Crippen molar-refractivity contribution < 1.29 is 8.42 Å². The molecule has 0 saturated carbocycles. The normalized spacial score (nSPS) is 23.2. The fourth-order valence-corrected chi connectivity index (χ4v) is 3.28. The highest BCUT2D eigenvalue weighted by atomic mass is 32.2. The molecule has 0 amide bonds. The van der Waals surface area contributed by atoms with Gasteiger partial charge < -0.3 is 5.32 Å². The molecule has 1 fully saturated rings. The number of nitrogens with one attached hydrogen (secondary N) is 1. The molecular weight excluding hydrogens is 200 g/mol. The van der Waals surface area contributed by atoms with Crippen LogP contribution in [0.4, 0.5) is 0 Å². The van der Waals surface area contributed by atoms with Crippen molar-refractivity contribution in [3.63, 3.8) is 0 Å². The van der Waals surface area contributed by atoms with Gasteiger partial charge in [-0.15, -0.1) is 0 Å². The highest BCUT2D eigenvalue weighted by Crippen LogP contribution is 2.14. The Morgan fingerprint density at radius 1 is 1.50 bits per heavy atom. The lowest BCUT2D eigenvalue weighted by Gasteiger charge is -2.20. The lowest BCUT2D eigenvalue weighted by molar-refractivity contribution is 0.450. The maximum absolute atomic E-state index is 11.9. The number of rotatable bonds is 5. The summed E-state index contributed by atoms with van der Waals surface area (Å²) in [7, 11) is -1.36. The molecule has 0 aromatic heterocycles. The molecule has 1 aliphatic heterocycles. The third-order valence-corrected chi connectivity index (χ3v) is 4.99. The Morgan fingerprint density at radius 3 is 2.71 bits per heavy atom. The fourth-order valence-electron chi connectivity index (χ4n) is 1.64. The van der Waals surface area contributed by atoms with Gasteiger partial charge in [-0.1, -0.05) is 13.3 Å². The molecule has 0 aromatic carbocycles. The van der Waals surface area contributed by atoms with E-state index in [1.165, 1.54) is 4.31 Å². The Hall–Kier alpha value is -0.130. The van der Waals surface area contributed by atoms with E-state index in [1.807, 2.05) is 0 Å². The standard InChI is InChI=1S/C9H20N2O2S/c1-3-4-7-11(2)14(12,13)9-5-6-10-8-9/h9-10H,3-8H2,1-2H3. The highest BCUT2D eigenvalue weighted by Gasteiger charge is 2.31. The van der Waals surface area contributed by atoms with Crippen LogP contribution >= 0.6 is 0 Å². The largest absolute Gasteiger partial charge is 0.315 e. The Kier molecular flexibility index (Phi) is 4.34. The van der Waals surface area contributed by atoms with Crippen molar-refractivity contribution in [3.05, 3.63) is 0 Å². The van der Waals surface area contributed by atoms with Crippen molar-refractivity contribution >= 4 is 10.0 Å². The summed E-state index contributed by atoms with van der Waals surface area (Å²) in [5.74, 6) is 0. The number of hydrogen-bond donors (Lipinski definition) is 1. The third-order valence-electron chi connectivity index (χ3n) is 2.70. The van der Waals surface area contributed by atoms with E-state index in [0.717, 1.165) is 25.8 Å². The van der Waals surface area contributed by atoms with Gasteiger partial charge in [0.2, 0.25) is 10.0 Å². The van der Waals surface area contributed by atoms with Crippen molar-refractivity contribution in [1.82, 2.24) is 9.62 Å². The maximum Gasteiger partial charge on any atom is 0.218 e. The number of nitrogens with zero attached hydrogens (tertiary/aromatic N) is 1. The second-order valence-electron chi connectivity index (χ2n) is 3.83. The molecule has 5 heteroatoms. The van der Waals surface area contributed by atoms with Gasteiger partial charge in [-0.25, -0.2) is 12.7 Å². The molecule has 1 aliphatic rings. The first-order valence-electron chi connectivity index (χ1n) is 5.25. The predicted molar refractivity (Wildman–Crippen MR) is 57.7 cm³/mol. The topological polar surface area (TPSA) is 49.4 Å². The van der Waals surface area contributed by atoms with E-state index in [0.29, 0.717) is 13.1 Å². The molecule has 0 aromatic rings. The van der Waals surface area contributed by atoms with Crippen molar-refractivity contribution in [1.29, 1.82) is 0 Å². The minimum absolute atomic E-state index is 0.204. The highest BCUT2D eigenvalue weighted by molar-refractivity contribution is 7.89. The molecule has 1 rings (SSSR count). The van der Waals surface area contributed by atoms with Crippen LogP contribution in [0, 0.1) is 0 Å². The summed E-state index contributed by atoms with van der Waals surface area (Å²) < 4.78 is 25.4. The molecule has 1 N–H and O–H groups in total. The number of sulfonamides is 1. The minimum Gasteiger partial charge on any atom is -0.315 e. The van der Waals surface area contributed by atoms with Gasteiger partial charge in [0, 0.05) is 20.1 Å². The molecule has 1 atom stereocenters. The summed E-state index contributed by atoms with van der Waals surface area (Å²) in [5.41, 5.74) is 0. The van der Waals surface area contributed by atoms with Crippen LogP contribution in [0.15, 0.2) is 0 Å². The molecule has 0 bridgehead atoms. The molecule has 0 spiro atoms. The van der Waals surface area contributed by atoms with E-state index in [9.17, 15) is 8.42 Å². The lowest BCUT2D eigenvalue weighted by atomic mass is 10.3. The molecule has 1 saturated heterocycles. The van der Waals surface area contributed by atoms with E-state index < -0.39 is 10.0 Å². The first kappa shape index (κ1) is 11.9. The molecular formula is C9H20N2O2S. The zero-order valence-electron chi connectivity index (χ0n) is 8.99. The van der Waals surface area contributed by atoms with Gasteiger partial charge in [0.25, 0.3) is 0 Å². The van der Waals surface area contributed by atoms with Gasteiger partial charge in [-0.3, -0.25) is 0 Å². The minimum atomic E-state index is -3.04. The third kappa shape index (κ3) is 2.68. The van der Waals surface area contributed by atoms with E-state index in [1.54, 1.807) is 7.05 Å². The number of unbranched alkanes of at least 4 members (excludes halogenated alkanes) is 1. The Morgan fingerprint density at radius 2 is 2.21 bits per heavy atom. The zero-order valence-corrected chi connectivity index (χ0v) is 9.81. The summed E-state index contributed by atoms with van der Waals surface area (Å²) >= 11 is 0. The van der Waals surface area contributed by atoms with Crippen LogP contribution in [0.1, 0.15) is 26.2 Å². The van der Waals surface area contributed by atoms with Gasteiger partial charge in [-0.2, -0.15) is 0 Å². The molecule has 4 nitrogen and oxygen atoms in total. The quantitative estimate of drug-likeness (QED) is 0.730. The fraction of sp³-hybridized carbons (Fsp3) is 1.00. The van der Waals surface area contributed by atoms with Gasteiger partial charge >= 0.3 is 0 Å². The van der Waals surface area contributed by atoms with E-state index in [-0.39, 0.29) is 5.25 Å². The Bertz CT molecular complexity index is 258. The SMILES string of the molecule is CCCCN(C)S(=O)(=O)C1CCNC1. The second kappa shape index (κ2) is 5.09. The van der Waals surface area contributed by atoms with Crippen LogP contribution in [-0.4, -0.2) is 44.7 Å². The molecule has 1 heterocycles. The van der Waals surface area contributed by atoms with Crippen LogP contribution in [0.3, 0.4) is 0 Å². The molecule has 84 valence electrons. The average Bonchev–Trinajstić information content (AvgIpc) is 2.67. The van der Waals surface area contributed by atoms with Crippen molar-refractivity contribution in [2.24, 2.45) is 0 Å². The van der Waals surface area contributed by atoms with Crippen molar-refractivity contribution in [2.45, 2.75) is 31.4 Å². The van der Waals surface area contributed by atoms with Crippen LogP contribution in [-0.2, 0) is 10.0 Å². The van der Waals surface area contributed by atoms with Crippen LogP contribution in [0.25, 0.3) is 0 Å². The molecule has 0 aliphatic carbocycles. The van der Waals surface area contributed by atoms with Gasteiger partial charge in [0.05, 0.1) is 5.25 Å². The average molecular weight is 220 g/mol. The van der Waals surface area contributed by atoms with Gasteiger partial charge in [0.1, 0.15) is 0 Å². The summed E-state index contributed by atoms with van der Waals surface area (Å²) in [4.78, 5) is 0. The first-order chi connectivity index (χ1) is 6.59. The smallest absolute Gasteiger partial charge is 0.218 e. The van der Waals surface area contributed by atoms with Crippen LogP contribution in [0.2, 0.25) is 0 Å². The second-order valence-corrected chi connectivity index (χ2v) is 6.15. The van der Waals surface area contributed by atoms with Gasteiger partial charge in [0.15, 0.2) is 0 Å². The predicted octanol–water partition coefficient (Wildman–Crippen LogP) is 0.410. The van der Waals surface area contributed by atoms with Crippen LogP contribution in [0.5, 0.6) is 0 Å². The lowest BCUT2D eigenvalue weighted by Crippen LogP contribution is -2.37. The van der Waals surface area contributed by atoms with Crippen molar-refractivity contribution in [3.8, 4) is 0 Å². The van der Waals surface area contributed by atoms with E-state index >= 15 is 0 Å². The summed E-state index contributed by atoms with van der Waals surface area (Å²) in [6.07, 6.45) is 2.72. The van der Waals surface area contributed by atoms with E-state index in [4.69, 9.17) is 0 Å². The summed E-state index contributed by atoms with van der Waals surface area (Å²) in [5, 5.41) is 2.88. The molecule has 1 unspecified atom stereocenters. The summed E-state index contributed by atoms with van der Waals surface area (Å²) in [6.45, 7) is 4.15. The first-order valence-corrected chi connectivity index (χ1v) is 6.75. The van der Waals surface area contributed by atoms with E-state index in [2.05, 4.69) is 12.2 Å².